The second-order valence-corrected chi connectivity index (χ2v) is 9.68. The van der Waals surface area contributed by atoms with E-state index in [0.29, 0.717) is 17.9 Å². The van der Waals surface area contributed by atoms with Crippen LogP contribution in [0.2, 0.25) is 0 Å². The van der Waals surface area contributed by atoms with E-state index in [1.807, 2.05) is 37.3 Å². The lowest BCUT2D eigenvalue weighted by molar-refractivity contribution is -0.112. The molecule has 3 aromatic rings. The zero-order chi connectivity index (χ0) is 23.1. The van der Waals surface area contributed by atoms with E-state index < -0.39 is 15.7 Å². The Labute approximate surface area is 190 Å². The van der Waals surface area contributed by atoms with Crippen LogP contribution in [0.4, 0.5) is 5.13 Å². The summed E-state index contributed by atoms with van der Waals surface area (Å²) in [7, 11) is -3.57. The molecule has 10 heteroatoms. The SMILES string of the molecule is CCS(=O)(=O)c1nsc(NC(=O)/C(C#N)=C\c2ccc(OCc3cccc(C)c3)cc2)n1. The minimum absolute atomic E-state index is 0.00284. The Morgan fingerprint density at radius 1 is 1.25 bits per heavy atom. The van der Waals surface area contributed by atoms with E-state index in [1.54, 1.807) is 24.3 Å². The number of sulfone groups is 1. The van der Waals surface area contributed by atoms with Gasteiger partial charge in [-0.25, -0.2) is 8.42 Å². The van der Waals surface area contributed by atoms with Crippen LogP contribution >= 0.6 is 11.5 Å². The number of anilines is 1. The lowest BCUT2D eigenvalue weighted by Gasteiger charge is -2.07. The van der Waals surface area contributed by atoms with Crippen LogP contribution in [0.1, 0.15) is 23.6 Å². The van der Waals surface area contributed by atoms with Crippen LogP contribution in [0.3, 0.4) is 0 Å². The first-order valence-electron chi connectivity index (χ1n) is 9.58. The number of carbonyl (C=O) groups excluding carboxylic acids is 1. The normalized spacial score (nSPS) is 11.6. The number of amides is 1. The average Bonchev–Trinajstić information content (AvgIpc) is 3.26. The van der Waals surface area contributed by atoms with Crippen LogP contribution in [0.5, 0.6) is 5.75 Å². The fraction of sp³-hybridized carbons (Fsp3) is 0.182. The van der Waals surface area contributed by atoms with E-state index >= 15 is 0 Å². The standard InChI is InChI=1S/C22H20N4O4S2/c1-3-32(28,29)22-25-21(31-26-22)24-20(27)18(13-23)12-16-7-9-19(10-8-16)30-14-17-6-4-5-15(2)11-17/h4-12H,3,14H2,1-2H3,(H,24,25,26,27)/b18-12-. The van der Waals surface area contributed by atoms with Crippen molar-refractivity contribution in [2.45, 2.75) is 25.6 Å². The summed E-state index contributed by atoms with van der Waals surface area (Å²) in [6.07, 6.45) is 1.42. The van der Waals surface area contributed by atoms with E-state index in [4.69, 9.17) is 4.74 Å². The zero-order valence-corrected chi connectivity index (χ0v) is 19.0. The highest BCUT2D eigenvalue weighted by Crippen LogP contribution is 2.19. The molecule has 0 saturated carbocycles. The fourth-order valence-electron chi connectivity index (χ4n) is 2.62. The van der Waals surface area contributed by atoms with Gasteiger partial charge in [0.1, 0.15) is 24.0 Å². The van der Waals surface area contributed by atoms with Crippen molar-refractivity contribution in [1.29, 1.82) is 5.26 Å². The van der Waals surface area contributed by atoms with E-state index in [-0.39, 0.29) is 21.6 Å². The summed E-state index contributed by atoms with van der Waals surface area (Å²) in [6.45, 7) is 3.93. The van der Waals surface area contributed by atoms with Gasteiger partial charge in [0.25, 0.3) is 11.1 Å². The van der Waals surface area contributed by atoms with Gasteiger partial charge in [-0.05, 0) is 36.3 Å². The average molecular weight is 469 g/mol. The molecule has 3 rings (SSSR count). The number of aromatic nitrogens is 2. The molecule has 0 unspecified atom stereocenters. The summed E-state index contributed by atoms with van der Waals surface area (Å²) in [4.78, 5) is 16.2. The van der Waals surface area contributed by atoms with Gasteiger partial charge in [0, 0.05) is 11.5 Å². The van der Waals surface area contributed by atoms with E-state index in [0.717, 1.165) is 22.7 Å². The molecule has 0 radical (unpaired) electrons. The Bertz CT molecular complexity index is 1290. The number of hydrogen-bond acceptors (Lipinski definition) is 8. The van der Waals surface area contributed by atoms with Gasteiger partial charge in [-0.1, -0.05) is 48.9 Å². The summed E-state index contributed by atoms with van der Waals surface area (Å²) in [5.74, 6) is -0.195. The van der Waals surface area contributed by atoms with Crippen molar-refractivity contribution in [3.8, 4) is 11.8 Å². The molecule has 0 fully saturated rings. The molecule has 0 aliphatic rings. The number of nitrogens with zero attached hydrogens (tertiary/aromatic N) is 3. The summed E-state index contributed by atoms with van der Waals surface area (Å²) in [5.41, 5.74) is 2.69. The van der Waals surface area contributed by atoms with Crippen molar-refractivity contribution >= 4 is 38.5 Å². The third-order valence-electron chi connectivity index (χ3n) is 4.33. The molecule has 1 aromatic heterocycles. The Kier molecular flexibility index (Phi) is 7.35. The van der Waals surface area contributed by atoms with E-state index in [2.05, 4.69) is 14.7 Å². The number of ether oxygens (including phenoxy) is 1. The number of rotatable bonds is 8. The third kappa shape index (κ3) is 6.00. The molecular weight excluding hydrogens is 448 g/mol. The molecule has 0 saturated heterocycles. The maximum absolute atomic E-state index is 12.4. The van der Waals surface area contributed by atoms with Crippen LogP contribution < -0.4 is 10.1 Å². The predicted molar refractivity (Wildman–Crippen MR) is 122 cm³/mol. The molecule has 2 aromatic carbocycles. The smallest absolute Gasteiger partial charge is 0.268 e. The van der Waals surface area contributed by atoms with E-state index in [1.165, 1.54) is 13.0 Å². The monoisotopic (exact) mass is 468 g/mol. The lowest BCUT2D eigenvalue weighted by Crippen LogP contribution is -2.13. The molecule has 0 bridgehead atoms. The number of carbonyl (C=O) groups is 1. The van der Waals surface area contributed by atoms with Gasteiger partial charge in [0.05, 0.1) is 5.75 Å². The summed E-state index contributed by atoms with van der Waals surface area (Å²) >= 11 is 0.735. The van der Waals surface area contributed by atoms with Crippen molar-refractivity contribution < 1.29 is 17.9 Å². The molecule has 0 aliphatic carbocycles. The molecule has 1 heterocycles. The van der Waals surface area contributed by atoms with Gasteiger partial charge in [-0.2, -0.15) is 14.6 Å². The zero-order valence-electron chi connectivity index (χ0n) is 17.4. The first-order chi connectivity index (χ1) is 15.3. The predicted octanol–water partition coefficient (Wildman–Crippen LogP) is 3.76. The van der Waals surface area contributed by atoms with Gasteiger partial charge in [-0.15, -0.1) is 0 Å². The Balaban J connectivity index is 1.65. The molecule has 0 atom stereocenters. The van der Waals surface area contributed by atoms with Crippen molar-refractivity contribution in [2.24, 2.45) is 0 Å². The van der Waals surface area contributed by atoms with Crippen molar-refractivity contribution in [3.05, 3.63) is 70.8 Å². The minimum atomic E-state index is -3.57. The number of hydrogen-bond donors (Lipinski definition) is 1. The van der Waals surface area contributed by atoms with Crippen LogP contribution in [-0.2, 0) is 21.2 Å². The molecular formula is C22H20N4O4S2. The van der Waals surface area contributed by atoms with Gasteiger partial charge in [-0.3, -0.25) is 10.1 Å². The second kappa shape index (κ2) is 10.2. The molecule has 1 N–H and O–H groups in total. The highest BCUT2D eigenvalue weighted by Gasteiger charge is 2.20. The minimum Gasteiger partial charge on any atom is -0.489 e. The molecule has 0 spiro atoms. The van der Waals surface area contributed by atoms with Crippen molar-refractivity contribution in [3.63, 3.8) is 0 Å². The third-order valence-corrected chi connectivity index (χ3v) is 6.58. The number of nitriles is 1. The van der Waals surface area contributed by atoms with Crippen LogP contribution in [0, 0.1) is 18.3 Å². The Hall–Kier alpha value is -3.55. The lowest BCUT2D eigenvalue weighted by atomic mass is 10.1. The summed E-state index contributed by atoms with van der Waals surface area (Å²) < 4.78 is 33.1. The quantitative estimate of drug-likeness (QED) is 0.394. The maximum atomic E-state index is 12.4. The first kappa shape index (κ1) is 23.1. The molecule has 1 amide bonds. The molecule has 8 nitrogen and oxygen atoms in total. The summed E-state index contributed by atoms with van der Waals surface area (Å²) in [6, 6.07) is 16.8. The topological polar surface area (TPSA) is 122 Å². The number of benzene rings is 2. The van der Waals surface area contributed by atoms with Gasteiger partial charge >= 0.3 is 0 Å². The van der Waals surface area contributed by atoms with Gasteiger partial charge in [0.2, 0.25) is 15.0 Å². The van der Waals surface area contributed by atoms with Gasteiger partial charge < -0.3 is 4.74 Å². The molecule has 32 heavy (non-hydrogen) atoms. The Morgan fingerprint density at radius 3 is 2.66 bits per heavy atom. The van der Waals surface area contributed by atoms with Crippen LogP contribution in [-0.4, -0.2) is 29.4 Å². The highest BCUT2D eigenvalue weighted by molar-refractivity contribution is 7.91. The Morgan fingerprint density at radius 2 is 2.00 bits per heavy atom. The van der Waals surface area contributed by atoms with Crippen molar-refractivity contribution in [1.82, 2.24) is 9.36 Å². The van der Waals surface area contributed by atoms with Gasteiger partial charge in [0.15, 0.2) is 0 Å². The number of aryl methyl sites for hydroxylation is 1. The maximum Gasteiger partial charge on any atom is 0.268 e. The largest absolute Gasteiger partial charge is 0.489 e. The fourth-order valence-corrected chi connectivity index (χ4v) is 4.21. The molecule has 0 aliphatic heterocycles. The van der Waals surface area contributed by atoms with Crippen LogP contribution in [0.15, 0.2) is 59.3 Å². The number of nitrogens with one attached hydrogen (secondary N) is 1. The van der Waals surface area contributed by atoms with E-state index in [9.17, 15) is 18.5 Å². The second-order valence-electron chi connectivity index (χ2n) is 6.76. The summed E-state index contributed by atoms with van der Waals surface area (Å²) in [5, 5.41) is 11.4. The first-order valence-corrected chi connectivity index (χ1v) is 12.0. The molecule has 164 valence electrons. The van der Waals surface area contributed by atoms with Crippen molar-refractivity contribution in [2.75, 3.05) is 11.1 Å². The highest BCUT2D eigenvalue weighted by atomic mass is 32.2. The van der Waals surface area contributed by atoms with Crippen LogP contribution in [0.25, 0.3) is 6.08 Å².